The molecule has 1 aromatic carbocycles. The second-order valence-corrected chi connectivity index (χ2v) is 11.1. The Morgan fingerprint density at radius 3 is 1.73 bits per heavy atom. The summed E-state index contributed by atoms with van der Waals surface area (Å²) in [6.07, 6.45) is 20.5. The monoisotopic (exact) mass is 539 g/mol. The van der Waals surface area contributed by atoms with Gasteiger partial charge in [0, 0.05) is 6.61 Å². The summed E-state index contributed by atoms with van der Waals surface area (Å²) in [4.78, 5) is 18.0. The van der Waals surface area contributed by atoms with Crippen LogP contribution in [0, 0.1) is 11.3 Å². The molecule has 0 radical (unpaired) electrons. The second kappa shape index (κ2) is 22.7. The fraction of sp³-hybridized carbons (Fsp3) is 0.759. The lowest BCUT2D eigenvalue weighted by Gasteiger charge is -2.18. The number of rotatable bonds is 25. The highest BCUT2D eigenvalue weighted by Crippen LogP contribution is 2.35. The molecule has 37 heavy (non-hydrogen) atoms. The van der Waals surface area contributed by atoms with Crippen molar-refractivity contribution in [2.24, 2.45) is 0 Å². The molecular weight excluding hydrogens is 489 g/mol. The number of nitrogens with zero attached hydrogens (tertiary/aromatic N) is 1. The molecule has 212 valence electrons. The van der Waals surface area contributed by atoms with Crippen LogP contribution in [-0.2, 0) is 25.2 Å². The van der Waals surface area contributed by atoms with Crippen LogP contribution < -0.4 is 0 Å². The number of nitriles is 1. The first kappa shape index (κ1) is 33.8. The maximum atomic E-state index is 11.1. The van der Waals surface area contributed by atoms with Gasteiger partial charge >= 0.3 is 7.82 Å². The molecule has 0 bridgehead atoms. The first-order chi connectivity index (χ1) is 17.9. The molecule has 0 spiro atoms. The minimum atomic E-state index is -4.58. The van der Waals surface area contributed by atoms with Crippen LogP contribution in [0.15, 0.2) is 24.3 Å². The highest BCUT2D eigenvalue weighted by molar-refractivity contribution is 7.46. The highest BCUT2D eigenvalue weighted by atomic mass is 31.2. The molecule has 1 aromatic rings. The largest absolute Gasteiger partial charge is 0.469 e. The summed E-state index contributed by atoms with van der Waals surface area (Å²) in [6, 6.07) is 9.05. The third-order valence-corrected chi connectivity index (χ3v) is 6.93. The average molecular weight is 540 g/mol. The van der Waals surface area contributed by atoms with Crippen molar-refractivity contribution in [1.82, 2.24) is 0 Å². The van der Waals surface area contributed by atoms with Gasteiger partial charge in [0.1, 0.15) is 6.10 Å². The summed E-state index contributed by atoms with van der Waals surface area (Å²) >= 11 is 0. The number of benzene rings is 1. The van der Waals surface area contributed by atoms with Crippen molar-refractivity contribution in [2.75, 3.05) is 19.8 Å². The van der Waals surface area contributed by atoms with E-state index in [2.05, 4.69) is 17.5 Å². The Morgan fingerprint density at radius 2 is 1.27 bits per heavy atom. The van der Waals surface area contributed by atoms with Gasteiger partial charge in [-0.2, -0.15) is 5.26 Å². The topological polar surface area (TPSA) is 109 Å². The Hall–Kier alpha value is -1.26. The molecule has 2 N–H and O–H groups in total. The van der Waals surface area contributed by atoms with Crippen LogP contribution in [0.4, 0.5) is 0 Å². The number of phosphoric ester groups is 1. The van der Waals surface area contributed by atoms with Crippen LogP contribution in [0.3, 0.4) is 0 Å². The number of unbranched alkanes of at least 4 members (excludes halogenated alkanes) is 15. The first-order valence-electron chi connectivity index (χ1n) is 14.3. The quantitative estimate of drug-likeness (QED) is 0.0962. The van der Waals surface area contributed by atoms with Crippen LogP contribution in [0.25, 0.3) is 0 Å². The number of hydrogen-bond donors (Lipinski definition) is 2. The number of hydrogen-bond acceptors (Lipinski definition) is 5. The molecule has 0 aliphatic carbocycles. The molecule has 0 fully saturated rings. The van der Waals surface area contributed by atoms with Gasteiger partial charge in [-0.25, -0.2) is 4.57 Å². The molecule has 0 aliphatic rings. The molecule has 0 saturated carbocycles. The average Bonchev–Trinajstić information content (AvgIpc) is 2.88. The third-order valence-electron chi connectivity index (χ3n) is 6.44. The van der Waals surface area contributed by atoms with Crippen molar-refractivity contribution in [3.8, 4) is 6.07 Å². The molecule has 1 rings (SSSR count). The van der Waals surface area contributed by atoms with Gasteiger partial charge in [-0.15, -0.1) is 0 Å². The van der Waals surface area contributed by atoms with E-state index >= 15 is 0 Å². The SMILES string of the molecule is CCCCCCCCCCCCCCCCCCOCC(COP(=O)(O)O)OCc1ccc(C#N)cc1. The fourth-order valence-corrected chi connectivity index (χ4v) is 4.54. The molecule has 0 aliphatic heterocycles. The predicted octanol–water partition coefficient (Wildman–Crippen LogP) is 7.83. The van der Waals surface area contributed by atoms with Gasteiger partial charge in [-0.1, -0.05) is 115 Å². The lowest BCUT2D eigenvalue weighted by Crippen LogP contribution is -2.25. The van der Waals surface area contributed by atoms with Crippen LogP contribution in [0.5, 0.6) is 0 Å². The van der Waals surface area contributed by atoms with E-state index in [1.54, 1.807) is 24.3 Å². The summed E-state index contributed by atoms with van der Waals surface area (Å²) in [6.45, 7) is 3.05. The fourth-order valence-electron chi connectivity index (χ4n) is 4.18. The number of ether oxygens (including phenoxy) is 2. The molecule has 0 saturated heterocycles. The summed E-state index contributed by atoms with van der Waals surface area (Å²) in [5.74, 6) is 0. The van der Waals surface area contributed by atoms with Crippen LogP contribution in [0.2, 0.25) is 0 Å². The Balaban J connectivity index is 2.03. The molecule has 0 aromatic heterocycles. The Labute approximate surface area is 225 Å². The molecule has 0 amide bonds. The van der Waals surface area contributed by atoms with Crippen molar-refractivity contribution in [2.45, 2.75) is 122 Å². The van der Waals surface area contributed by atoms with Crippen molar-refractivity contribution < 1.29 is 28.3 Å². The lowest BCUT2D eigenvalue weighted by atomic mass is 10.0. The highest BCUT2D eigenvalue weighted by Gasteiger charge is 2.19. The molecular formula is C29H50NO6P. The Morgan fingerprint density at radius 1 is 0.784 bits per heavy atom. The maximum Gasteiger partial charge on any atom is 0.469 e. The van der Waals surface area contributed by atoms with Crippen molar-refractivity contribution in [1.29, 1.82) is 5.26 Å². The Kier molecular flexibility index (Phi) is 20.7. The zero-order valence-electron chi connectivity index (χ0n) is 23.0. The minimum absolute atomic E-state index is 0.203. The van der Waals surface area contributed by atoms with Crippen LogP contribution >= 0.6 is 7.82 Å². The van der Waals surface area contributed by atoms with Crippen molar-refractivity contribution in [3.05, 3.63) is 35.4 Å². The van der Waals surface area contributed by atoms with E-state index in [4.69, 9.17) is 24.5 Å². The van der Waals surface area contributed by atoms with Gasteiger partial charge in [0.2, 0.25) is 0 Å². The van der Waals surface area contributed by atoms with E-state index in [0.717, 1.165) is 18.4 Å². The van der Waals surface area contributed by atoms with Crippen molar-refractivity contribution in [3.63, 3.8) is 0 Å². The normalized spacial score (nSPS) is 12.5. The van der Waals surface area contributed by atoms with E-state index in [0.29, 0.717) is 12.2 Å². The zero-order chi connectivity index (χ0) is 27.0. The van der Waals surface area contributed by atoms with Gasteiger partial charge in [0.15, 0.2) is 0 Å². The molecule has 7 nitrogen and oxygen atoms in total. The molecule has 1 unspecified atom stereocenters. The number of phosphoric acid groups is 1. The summed E-state index contributed by atoms with van der Waals surface area (Å²) in [5.41, 5.74) is 1.42. The van der Waals surface area contributed by atoms with Gasteiger partial charge in [0.05, 0.1) is 31.5 Å². The van der Waals surface area contributed by atoms with E-state index in [-0.39, 0.29) is 19.8 Å². The van der Waals surface area contributed by atoms with Crippen LogP contribution in [-0.4, -0.2) is 35.7 Å². The van der Waals surface area contributed by atoms with E-state index < -0.39 is 13.9 Å². The van der Waals surface area contributed by atoms with Gasteiger partial charge in [0.25, 0.3) is 0 Å². The van der Waals surface area contributed by atoms with Gasteiger partial charge in [-0.05, 0) is 24.1 Å². The zero-order valence-corrected chi connectivity index (χ0v) is 23.8. The van der Waals surface area contributed by atoms with E-state index in [1.807, 2.05) is 0 Å². The smallest absolute Gasteiger partial charge is 0.379 e. The lowest BCUT2D eigenvalue weighted by molar-refractivity contribution is -0.0493. The summed E-state index contributed by atoms with van der Waals surface area (Å²) < 4.78 is 27.1. The van der Waals surface area contributed by atoms with Crippen LogP contribution in [0.1, 0.15) is 121 Å². The maximum absolute atomic E-state index is 11.1. The third kappa shape index (κ3) is 21.4. The predicted molar refractivity (Wildman–Crippen MR) is 148 cm³/mol. The van der Waals surface area contributed by atoms with E-state index in [9.17, 15) is 4.57 Å². The molecule has 0 heterocycles. The van der Waals surface area contributed by atoms with Gasteiger partial charge in [-0.3, -0.25) is 4.52 Å². The standard InChI is InChI=1S/C29H50NO6P/c1-2-3-4-5-6-7-8-9-10-11-12-13-14-15-16-17-22-34-25-29(26-36-37(31,32)33)35-24-28-20-18-27(23-30)19-21-28/h18-21,29H,2-17,22,24-26H2,1H3,(H2,31,32,33). The molecule has 1 atom stereocenters. The summed E-state index contributed by atoms with van der Waals surface area (Å²) in [7, 11) is -4.58. The van der Waals surface area contributed by atoms with Crippen molar-refractivity contribution >= 4 is 7.82 Å². The Bertz CT molecular complexity index is 746. The first-order valence-corrected chi connectivity index (χ1v) is 15.9. The minimum Gasteiger partial charge on any atom is -0.379 e. The van der Waals surface area contributed by atoms with Gasteiger partial charge < -0.3 is 19.3 Å². The van der Waals surface area contributed by atoms with E-state index in [1.165, 1.54) is 89.9 Å². The second-order valence-electron chi connectivity index (χ2n) is 9.91. The summed E-state index contributed by atoms with van der Waals surface area (Å²) in [5, 5.41) is 8.88. The molecule has 8 heteroatoms.